The molecule has 2 unspecified atom stereocenters. The maximum atomic E-state index is 12.8. The monoisotopic (exact) mass is 448 g/mol. The Balaban J connectivity index is 1.83. The van der Waals surface area contributed by atoms with E-state index in [2.05, 4.69) is 50.1 Å². The maximum Gasteiger partial charge on any atom is 0.237 e. The number of carbonyl (C=O) groups excluding carboxylic acids is 1. The number of carbonyl (C=O) groups is 1. The lowest BCUT2D eigenvalue weighted by atomic mass is 10.2. The number of hydrogen-bond acceptors (Lipinski definition) is 6. The number of nitriles is 1. The van der Waals surface area contributed by atoms with E-state index in [1.54, 1.807) is 24.3 Å². The summed E-state index contributed by atoms with van der Waals surface area (Å²) in [7, 11) is 4.07. The van der Waals surface area contributed by atoms with Gasteiger partial charge in [0, 0.05) is 5.69 Å². The van der Waals surface area contributed by atoms with E-state index in [1.807, 2.05) is 39.2 Å². The van der Waals surface area contributed by atoms with Gasteiger partial charge in [-0.2, -0.15) is 5.26 Å². The third kappa shape index (κ3) is 5.75. The Morgan fingerprint density at radius 2 is 1.94 bits per heavy atom. The first-order valence-electron chi connectivity index (χ1n) is 10.5. The molecule has 3 aromatic rings. The van der Waals surface area contributed by atoms with Crippen LogP contribution in [0.15, 0.2) is 59.8 Å². The van der Waals surface area contributed by atoms with Crippen LogP contribution in [0, 0.1) is 11.3 Å². The molecule has 2 atom stereocenters. The quantitative estimate of drug-likeness (QED) is 0.490. The second-order valence-electron chi connectivity index (χ2n) is 7.74. The third-order valence-electron chi connectivity index (χ3n) is 5.15. The smallest absolute Gasteiger partial charge is 0.237 e. The van der Waals surface area contributed by atoms with Crippen LogP contribution in [0.5, 0.6) is 0 Å². The Labute approximate surface area is 193 Å². The van der Waals surface area contributed by atoms with Crippen LogP contribution in [0.2, 0.25) is 0 Å². The number of nitrogens with one attached hydrogen (secondary N) is 1. The summed E-state index contributed by atoms with van der Waals surface area (Å²) in [6, 6.07) is 19.3. The van der Waals surface area contributed by atoms with Crippen LogP contribution in [0.1, 0.15) is 43.3 Å². The zero-order valence-corrected chi connectivity index (χ0v) is 19.6. The second kappa shape index (κ2) is 10.9. The van der Waals surface area contributed by atoms with Crippen LogP contribution in [-0.4, -0.2) is 44.9 Å². The van der Waals surface area contributed by atoms with Crippen molar-refractivity contribution in [2.24, 2.45) is 0 Å². The van der Waals surface area contributed by atoms with E-state index in [0.29, 0.717) is 23.0 Å². The molecule has 3 rings (SSSR count). The Bertz CT molecular complexity index is 1090. The van der Waals surface area contributed by atoms with E-state index in [-0.39, 0.29) is 11.9 Å². The number of benzene rings is 2. The predicted molar refractivity (Wildman–Crippen MR) is 127 cm³/mol. The lowest BCUT2D eigenvalue weighted by molar-refractivity contribution is -0.115. The van der Waals surface area contributed by atoms with Gasteiger partial charge in [-0.15, -0.1) is 10.2 Å². The number of thioether (sulfide) groups is 1. The maximum absolute atomic E-state index is 12.8. The van der Waals surface area contributed by atoms with Crippen LogP contribution >= 0.6 is 11.8 Å². The van der Waals surface area contributed by atoms with Gasteiger partial charge in [-0.1, -0.05) is 55.1 Å². The SMILES string of the molecule is CCC(c1nnc(SC(C)C(=O)Nc2cccc(C#N)c2)n1Cc1ccccc1)N(C)C. The first-order chi connectivity index (χ1) is 15.4. The van der Waals surface area contributed by atoms with Crippen molar-refractivity contribution in [3.8, 4) is 6.07 Å². The highest BCUT2D eigenvalue weighted by Crippen LogP contribution is 2.29. The minimum Gasteiger partial charge on any atom is -0.325 e. The van der Waals surface area contributed by atoms with Crippen molar-refractivity contribution in [2.75, 3.05) is 19.4 Å². The van der Waals surface area contributed by atoms with Crippen LogP contribution in [0.25, 0.3) is 0 Å². The van der Waals surface area contributed by atoms with Crippen molar-refractivity contribution >= 4 is 23.4 Å². The Morgan fingerprint density at radius 3 is 2.59 bits per heavy atom. The summed E-state index contributed by atoms with van der Waals surface area (Å²) < 4.78 is 2.11. The van der Waals surface area contributed by atoms with Gasteiger partial charge in [0.1, 0.15) is 0 Å². The number of amides is 1. The highest BCUT2D eigenvalue weighted by molar-refractivity contribution is 8.00. The van der Waals surface area contributed by atoms with Gasteiger partial charge in [0.25, 0.3) is 0 Å². The number of anilines is 1. The molecule has 1 N–H and O–H groups in total. The van der Waals surface area contributed by atoms with Crippen LogP contribution < -0.4 is 5.32 Å². The van der Waals surface area contributed by atoms with Crippen molar-refractivity contribution < 1.29 is 4.79 Å². The Morgan fingerprint density at radius 1 is 1.19 bits per heavy atom. The van der Waals surface area contributed by atoms with Gasteiger partial charge in [0.15, 0.2) is 11.0 Å². The van der Waals surface area contributed by atoms with Crippen molar-refractivity contribution in [3.05, 3.63) is 71.5 Å². The van der Waals surface area contributed by atoms with E-state index in [9.17, 15) is 4.79 Å². The molecule has 0 aliphatic carbocycles. The summed E-state index contributed by atoms with van der Waals surface area (Å²) in [6.45, 7) is 4.61. The molecule has 32 heavy (non-hydrogen) atoms. The van der Waals surface area contributed by atoms with Gasteiger partial charge in [-0.05, 0) is 51.2 Å². The lowest BCUT2D eigenvalue weighted by Crippen LogP contribution is -2.25. The average molecular weight is 449 g/mol. The van der Waals surface area contributed by atoms with Crippen molar-refractivity contribution in [2.45, 2.75) is 43.3 Å². The van der Waals surface area contributed by atoms with Crippen LogP contribution in [0.3, 0.4) is 0 Å². The largest absolute Gasteiger partial charge is 0.325 e. The number of hydrogen-bond donors (Lipinski definition) is 1. The molecule has 2 aromatic carbocycles. The Kier molecular flexibility index (Phi) is 8.03. The summed E-state index contributed by atoms with van der Waals surface area (Å²) >= 11 is 1.38. The summed E-state index contributed by atoms with van der Waals surface area (Å²) in [5.41, 5.74) is 2.26. The zero-order chi connectivity index (χ0) is 23.1. The molecule has 0 saturated carbocycles. The molecule has 0 spiro atoms. The number of nitrogens with zero attached hydrogens (tertiary/aromatic N) is 5. The molecule has 0 aliphatic rings. The van der Waals surface area contributed by atoms with E-state index in [0.717, 1.165) is 17.8 Å². The fourth-order valence-corrected chi connectivity index (χ4v) is 4.30. The molecule has 0 bridgehead atoms. The minimum absolute atomic E-state index is 0.124. The van der Waals surface area contributed by atoms with E-state index >= 15 is 0 Å². The zero-order valence-electron chi connectivity index (χ0n) is 18.8. The highest BCUT2D eigenvalue weighted by atomic mass is 32.2. The summed E-state index contributed by atoms with van der Waals surface area (Å²) in [5, 5.41) is 21.2. The van der Waals surface area contributed by atoms with Crippen molar-refractivity contribution in [1.82, 2.24) is 19.7 Å². The topological polar surface area (TPSA) is 86.8 Å². The molecular weight excluding hydrogens is 420 g/mol. The van der Waals surface area contributed by atoms with Gasteiger partial charge < -0.3 is 9.88 Å². The normalized spacial score (nSPS) is 12.9. The van der Waals surface area contributed by atoms with Crippen LogP contribution in [0.4, 0.5) is 5.69 Å². The molecule has 7 nitrogen and oxygen atoms in total. The molecule has 0 aliphatic heterocycles. The molecule has 166 valence electrons. The molecular formula is C24H28N6OS. The molecule has 8 heteroatoms. The summed E-state index contributed by atoms with van der Waals surface area (Å²) in [6.07, 6.45) is 0.899. The van der Waals surface area contributed by atoms with Gasteiger partial charge >= 0.3 is 0 Å². The van der Waals surface area contributed by atoms with E-state index < -0.39 is 5.25 Å². The first kappa shape index (κ1) is 23.5. The molecule has 0 saturated heterocycles. The Hall–Kier alpha value is -3.15. The van der Waals surface area contributed by atoms with Gasteiger partial charge in [0.2, 0.25) is 5.91 Å². The fourth-order valence-electron chi connectivity index (χ4n) is 3.45. The van der Waals surface area contributed by atoms with Gasteiger partial charge in [-0.3, -0.25) is 9.69 Å². The molecule has 1 heterocycles. The first-order valence-corrected chi connectivity index (χ1v) is 11.4. The second-order valence-corrected chi connectivity index (χ2v) is 9.05. The van der Waals surface area contributed by atoms with Gasteiger partial charge in [0.05, 0.1) is 29.5 Å². The van der Waals surface area contributed by atoms with E-state index in [4.69, 9.17) is 5.26 Å². The molecule has 1 amide bonds. The summed E-state index contributed by atoms with van der Waals surface area (Å²) in [5.74, 6) is 0.735. The van der Waals surface area contributed by atoms with Crippen molar-refractivity contribution in [3.63, 3.8) is 0 Å². The summed E-state index contributed by atoms with van der Waals surface area (Å²) in [4.78, 5) is 14.9. The van der Waals surface area contributed by atoms with Gasteiger partial charge in [-0.25, -0.2) is 0 Å². The molecule has 0 fully saturated rings. The number of aromatic nitrogens is 3. The van der Waals surface area contributed by atoms with Crippen molar-refractivity contribution in [1.29, 1.82) is 5.26 Å². The minimum atomic E-state index is -0.397. The third-order valence-corrected chi connectivity index (χ3v) is 6.23. The molecule has 1 aromatic heterocycles. The lowest BCUT2D eigenvalue weighted by Gasteiger charge is -2.23. The van der Waals surface area contributed by atoms with Crippen LogP contribution in [-0.2, 0) is 11.3 Å². The fraction of sp³-hybridized carbons (Fsp3) is 0.333. The number of rotatable bonds is 9. The van der Waals surface area contributed by atoms with E-state index in [1.165, 1.54) is 11.8 Å². The standard InChI is InChI=1S/C24H28N6OS/c1-5-21(29(3)4)22-27-28-24(30(22)16-18-10-7-6-8-11-18)32-17(2)23(31)26-20-13-9-12-19(14-20)15-25/h6-14,17,21H,5,16H2,1-4H3,(H,26,31). The predicted octanol–water partition coefficient (Wildman–Crippen LogP) is 4.33. The highest BCUT2D eigenvalue weighted by Gasteiger charge is 2.25. The molecule has 0 radical (unpaired) electrons. The average Bonchev–Trinajstić information content (AvgIpc) is 3.16.